The molecule has 4 nitrogen and oxygen atoms in total. The molecule has 0 aliphatic heterocycles. The van der Waals surface area contributed by atoms with Gasteiger partial charge in [-0.3, -0.25) is 4.55 Å². The van der Waals surface area contributed by atoms with E-state index in [1.807, 2.05) is 6.92 Å². The lowest BCUT2D eigenvalue weighted by Crippen LogP contribution is -2.37. The topological polar surface area (TPSA) is 80.4 Å². The number of rotatable bonds is 4. The lowest BCUT2D eigenvalue weighted by Gasteiger charge is -2.39. The van der Waals surface area contributed by atoms with Gasteiger partial charge in [-0.25, -0.2) is 0 Å². The molecule has 96 valence electrons. The zero-order chi connectivity index (χ0) is 12.4. The summed E-state index contributed by atoms with van der Waals surface area (Å²) in [5.41, 5.74) is 5.66. The summed E-state index contributed by atoms with van der Waals surface area (Å²) in [6.07, 6.45) is 6.30. The highest BCUT2D eigenvalue weighted by atomic mass is 32.2. The first-order chi connectivity index (χ1) is 7.26. The summed E-state index contributed by atoms with van der Waals surface area (Å²) in [4.78, 5) is 0. The van der Waals surface area contributed by atoms with Gasteiger partial charge < -0.3 is 5.73 Å². The second kappa shape index (κ2) is 5.02. The van der Waals surface area contributed by atoms with E-state index in [1.54, 1.807) is 0 Å². The van der Waals surface area contributed by atoms with Crippen LogP contribution in [0.3, 0.4) is 0 Å². The Kier molecular flexibility index (Phi) is 4.37. The van der Waals surface area contributed by atoms with Gasteiger partial charge in [0.2, 0.25) is 0 Å². The number of nitrogens with two attached hydrogens (primary N) is 1. The summed E-state index contributed by atoms with van der Waals surface area (Å²) in [6, 6.07) is 0. The molecule has 0 aromatic carbocycles. The molecule has 3 N–H and O–H groups in total. The molecule has 0 spiro atoms. The van der Waals surface area contributed by atoms with Crippen LogP contribution in [0, 0.1) is 11.3 Å². The predicted molar refractivity (Wildman–Crippen MR) is 64.5 cm³/mol. The highest BCUT2D eigenvalue weighted by molar-refractivity contribution is 7.86. The fraction of sp³-hybridized carbons (Fsp3) is 1.00. The molecule has 16 heavy (non-hydrogen) atoms. The molecule has 0 amide bonds. The summed E-state index contributed by atoms with van der Waals surface area (Å²) >= 11 is 0. The third kappa shape index (κ3) is 3.43. The van der Waals surface area contributed by atoms with Crippen LogP contribution in [0.4, 0.5) is 0 Å². The van der Waals surface area contributed by atoms with Crippen LogP contribution in [-0.2, 0) is 10.1 Å². The van der Waals surface area contributed by atoms with Crippen LogP contribution in [-0.4, -0.2) is 18.3 Å². The SMILES string of the molecule is CC(CC(N)S(=O)(=O)O)C1(C)CCCCC1. The standard InChI is InChI=1S/C11H23NO3S/c1-9(8-10(12)16(13,14)15)11(2)6-4-3-5-7-11/h9-10H,3-8,12H2,1-2H3,(H,13,14,15). The summed E-state index contributed by atoms with van der Waals surface area (Å²) in [5.74, 6) is 0.227. The van der Waals surface area contributed by atoms with E-state index in [0.717, 1.165) is 12.8 Å². The Bertz CT molecular complexity index is 320. The van der Waals surface area contributed by atoms with E-state index in [1.165, 1.54) is 19.3 Å². The Morgan fingerprint density at radius 3 is 2.25 bits per heavy atom. The maximum Gasteiger partial charge on any atom is 0.280 e. The van der Waals surface area contributed by atoms with Crippen LogP contribution < -0.4 is 5.73 Å². The number of hydrogen-bond acceptors (Lipinski definition) is 3. The van der Waals surface area contributed by atoms with Crippen molar-refractivity contribution in [3.05, 3.63) is 0 Å². The zero-order valence-corrected chi connectivity index (χ0v) is 11.0. The molecule has 5 heteroatoms. The van der Waals surface area contributed by atoms with Gasteiger partial charge in [-0.15, -0.1) is 0 Å². The van der Waals surface area contributed by atoms with Gasteiger partial charge in [0, 0.05) is 0 Å². The van der Waals surface area contributed by atoms with Gasteiger partial charge in [-0.1, -0.05) is 33.1 Å². The van der Waals surface area contributed by atoms with Crippen molar-refractivity contribution in [2.45, 2.75) is 57.7 Å². The van der Waals surface area contributed by atoms with Gasteiger partial charge in [0.05, 0.1) is 0 Å². The maximum atomic E-state index is 10.9. The monoisotopic (exact) mass is 249 g/mol. The normalized spacial score (nSPS) is 25.0. The Morgan fingerprint density at radius 2 is 1.81 bits per heavy atom. The van der Waals surface area contributed by atoms with E-state index in [4.69, 9.17) is 10.3 Å². The van der Waals surface area contributed by atoms with Crippen LogP contribution in [0.5, 0.6) is 0 Å². The first-order valence-corrected chi connectivity index (χ1v) is 7.48. The molecule has 2 atom stereocenters. The lowest BCUT2D eigenvalue weighted by molar-refractivity contribution is 0.122. The first-order valence-electron chi connectivity index (χ1n) is 5.97. The molecule has 2 unspecified atom stereocenters. The molecular weight excluding hydrogens is 226 g/mol. The molecule has 1 aliphatic carbocycles. The van der Waals surface area contributed by atoms with Crippen molar-refractivity contribution in [2.75, 3.05) is 0 Å². The molecule has 1 rings (SSSR count). The molecule has 1 saturated carbocycles. The largest absolute Gasteiger partial charge is 0.313 e. The van der Waals surface area contributed by atoms with Crippen LogP contribution in [0.1, 0.15) is 52.4 Å². The Balaban J connectivity index is 2.60. The quantitative estimate of drug-likeness (QED) is 0.748. The third-order valence-electron chi connectivity index (χ3n) is 4.15. The van der Waals surface area contributed by atoms with Crippen molar-refractivity contribution in [1.29, 1.82) is 0 Å². The van der Waals surface area contributed by atoms with Crippen LogP contribution >= 0.6 is 0 Å². The van der Waals surface area contributed by atoms with E-state index in [9.17, 15) is 8.42 Å². The van der Waals surface area contributed by atoms with Crippen molar-refractivity contribution in [2.24, 2.45) is 17.1 Å². The third-order valence-corrected chi connectivity index (χ3v) is 5.11. The second-order valence-electron chi connectivity index (χ2n) is 5.40. The summed E-state index contributed by atoms with van der Waals surface area (Å²) in [6.45, 7) is 4.24. The average molecular weight is 249 g/mol. The molecule has 0 radical (unpaired) electrons. The average Bonchev–Trinajstić information content (AvgIpc) is 2.17. The van der Waals surface area contributed by atoms with Gasteiger partial charge in [-0.2, -0.15) is 8.42 Å². The lowest BCUT2D eigenvalue weighted by atomic mass is 9.67. The highest BCUT2D eigenvalue weighted by Gasteiger charge is 2.35. The molecule has 0 aromatic heterocycles. The molecular formula is C11H23NO3S. The van der Waals surface area contributed by atoms with Crippen molar-refractivity contribution >= 4 is 10.1 Å². The van der Waals surface area contributed by atoms with Crippen LogP contribution in [0.25, 0.3) is 0 Å². The van der Waals surface area contributed by atoms with Crippen molar-refractivity contribution in [3.8, 4) is 0 Å². The Hall–Kier alpha value is -0.130. The van der Waals surface area contributed by atoms with Gasteiger partial charge in [0.1, 0.15) is 5.37 Å². The fourth-order valence-corrected chi connectivity index (χ4v) is 3.14. The molecule has 1 fully saturated rings. The van der Waals surface area contributed by atoms with E-state index in [0.29, 0.717) is 6.42 Å². The number of hydrogen-bond donors (Lipinski definition) is 2. The van der Waals surface area contributed by atoms with Crippen molar-refractivity contribution in [3.63, 3.8) is 0 Å². The van der Waals surface area contributed by atoms with Crippen LogP contribution in [0.15, 0.2) is 0 Å². The van der Waals surface area contributed by atoms with Crippen LogP contribution in [0.2, 0.25) is 0 Å². The highest BCUT2D eigenvalue weighted by Crippen LogP contribution is 2.43. The second-order valence-corrected chi connectivity index (χ2v) is 7.04. The molecule has 1 aliphatic rings. The zero-order valence-electron chi connectivity index (χ0n) is 10.1. The predicted octanol–water partition coefficient (Wildman–Crippen LogP) is 2.16. The summed E-state index contributed by atoms with van der Waals surface area (Å²) < 4.78 is 30.6. The fourth-order valence-electron chi connectivity index (χ4n) is 2.61. The minimum Gasteiger partial charge on any atom is -0.313 e. The Morgan fingerprint density at radius 1 is 1.31 bits per heavy atom. The molecule has 0 bridgehead atoms. The smallest absolute Gasteiger partial charge is 0.280 e. The van der Waals surface area contributed by atoms with E-state index in [2.05, 4.69) is 6.92 Å². The molecule has 0 saturated heterocycles. The summed E-state index contributed by atoms with van der Waals surface area (Å²) in [7, 11) is -4.09. The van der Waals surface area contributed by atoms with E-state index >= 15 is 0 Å². The molecule has 0 heterocycles. The van der Waals surface area contributed by atoms with Gasteiger partial charge in [0.15, 0.2) is 0 Å². The minimum absolute atomic E-state index is 0.181. The van der Waals surface area contributed by atoms with Gasteiger partial charge in [-0.05, 0) is 30.6 Å². The molecule has 0 aromatic rings. The first kappa shape index (κ1) is 13.9. The maximum absolute atomic E-state index is 10.9. The Labute approximate surface area is 98.4 Å². The van der Waals surface area contributed by atoms with E-state index < -0.39 is 15.5 Å². The summed E-state index contributed by atoms with van der Waals surface area (Å²) in [5, 5.41) is -1.14. The van der Waals surface area contributed by atoms with Gasteiger partial charge >= 0.3 is 0 Å². The van der Waals surface area contributed by atoms with Crippen molar-refractivity contribution < 1.29 is 13.0 Å². The van der Waals surface area contributed by atoms with Gasteiger partial charge in [0.25, 0.3) is 10.1 Å². The minimum atomic E-state index is -4.09. The van der Waals surface area contributed by atoms with Crippen molar-refractivity contribution in [1.82, 2.24) is 0 Å². The van der Waals surface area contributed by atoms with E-state index in [-0.39, 0.29) is 11.3 Å².